The summed E-state index contributed by atoms with van der Waals surface area (Å²) in [6, 6.07) is 14.9. The Morgan fingerprint density at radius 2 is 1.84 bits per heavy atom. The molecule has 130 valence electrons. The predicted octanol–water partition coefficient (Wildman–Crippen LogP) is 3.51. The molecule has 0 spiro atoms. The average Bonchev–Trinajstić information content (AvgIpc) is 3.27. The summed E-state index contributed by atoms with van der Waals surface area (Å²) in [5, 5.41) is 6.46. The summed E-state index contributed by atoms with van der Waals surface area (Å²) >= 11 is 0. The van der Waals surface area contributed by atoms with E-state index in [0.29, 0.717) is 6.42 Å². The van der Waals surface area contributed by atoms with Crippen molar-refractivity contribution in [2.24, 2.45) is 5.92 Å². The van der Waals surface area contributed by atoms with Crippen molar-refractivity contribution in [1.82, 2.24) is 5.32 Å². The van der Waals surface area contributed by atoms with Crippen molar-refractivity contribution in [2.75, 3.05) is 18.4 Å². The van der Waals surface area contributed by atoms with Crippen LogP contribution in [0.1, 0.15) is 35.1 Å². The van der Waals surface area contributed by atoms with Crippen molar-refractivity contribution in [3.63, 3.8) is 0 Å². The van der Waals surface area contributed by atoms with E-state index in [1.54, 1.807) is 0 Å². The van der Waals surface area contributed by atoms with Crippen molar-refractivity contribution < 1.29 is 4.79 Å². The van der Waals surface area contributed by atoms with E-state index in [0.717, 1.165) is 43.1 Å². The summed E-state index contributed by atoms with van der Waals surface area (Å²) in [7, 11) is 0. The number of benzene rings is 2. The van der Waals surface area contributed by atoms with E-state index in [1.165, 1.54) is 36.0 Å². The van der Waals surface area contributed by atoms with Gasteiger partial charge in [0, 0.05) is 5.69 Å². The molecule has 0 bridgehead atoms. The summed E-state index contributed by atoms with van der Waals surface area (Å²) in [5.74, 6) is 0.819. The fourth-order valence-corrected chi connectivity index (χ4v) is 4.06. The van der Waals surface area contributed by atoms with E-state index in [-0.39, 0.29) is 5.91 Å². The van der Waals surface area contributed by atoms with Gasteiger partial charge in [0.05, 0.1) is 6.42 Å². The Hall–Kier alpha value is -2.13. The van der Waals surface area contributed by atoms with Crippen molar-refractivity contribution in [1.29, 1.82) is 0 Å². The van der Waals surface area contributed by atoms with Gasteiger partial charge < -0.3 is 10.6 Å². The Labute approximate surface area is 149 Å². The van der Waals surface area contributed by atoms with Gasteiger partial charge in [-0.25, -0.2) is 0 Å². The number of amides is 1. The Morgan fingerprint density at radius 3 is 2.64 bits per heavy atom. The van der Waals surface area contributed by atoms with Gasteiger partial charge in [-0.2, -0.15) is 0 Å². The molecule has 2 N–H and O–H groups in total. The van der Waals surface area contributed by atoms with Crippen LogP contribution in [-0.4, -0.2) is 19.0 Å². The molecule has 2 aromatic rings. The molecule has 4 rings (SSSR count). The quantitative estimate of drug-likeness (QED) is 0.878. The molecule has 1 aliphatic carbocycles. The summed E-state index contributed by atoms with van der Waals surface area (Å²) in [6.45, 7) is 2.27. The summed E-state index contributed by atoms with van der Waals surface area (Å²) < 4.78 is 0. The highest BCUT2D eigenvalue weighted by atomic mass is 16.1. The number of carbonyl (C=O) groups excluding carboxylic acids is 1. The molecule has 1 saturated heterocycles. The Kier molecular flexibility index (Phi) is 4.84. The molecule has 0 radical (unpaired) electrons. The molecule has 0 saturated carbocycles. The van der Waals surface area contributed by atoms with Crippen LogP contribution in [0, 0.1) is 5.92 Å². The normalized spacial score (nSPS) is 19.0. The number of nitrogens with one attached hydrogen (secondary N) is 2. The average molecular weight is 334 g/mol. The van der Waals surface area contributed by atoms with Crippen LogP contribution >= 0.6 is 0 Å². The summed E-state index contributed by atoms with van der Waals surface area (Å²) in [6.07, 6.45) is 6.38. The Bertz CT molecular complexity index is 745. The second kappa shape index (κ2) is 7.40. The lowest BCUT2D eigenvalue weighted by Crippen LogP contribution is -2.14. The minimum absolute atomic E-state index is 0.0608. The van der Waals surface area contributed by atoms with E-state index < -0.39 is 0 Å². The van der Waals surface area contributed by atoms with Crippen LogP contribution in [0.25, 0.3) is 0 Å². The number of rotatable bonds is 5. The van der Waals surface area contributed by atoms with Gasteiger partial charge in [-0.15, -0.1) is 0 Å². The van der Waals surface area contributed by atoms with Crippen molar-refractivity contribution in [3.05, 3.63) is 64.7 Å². The molecule has 1 amide bonds. The van der Waals surface area contributed by atoms with Gasteiger partial charge in [0.15, 0.2) is 0 Å². The smallest absolute Gasteiger partial charge is 0.228 e. The largest absolute Gasteiger partial charge is 0.326 e. The van der Waals surface area contributed by atoms with Crippen LogP contribution in [0.3, 0.4) is 0 Å². The van der Waals surface area contributed by atoms with Crippen LogP contribution in [0.2, 0.25) is 0 Å². The van der Waals surface area contributed by atoms with Crippen LogP contribution in [0.5, 0.6) is 0 Å². The fourth-order valence-electron chi connectivity index (χ4n) is 4.06. The highest BCUT2D eigenvalue weighted by molar-refractivity contribution is 5.92. The van der Waals surface area contributed by atoms with Crippen LogP contribution in [0.4, 0.5) is 5.69 Å². The van der Waals surface area contributed by atoms with Gasteiger partial charge in [-0.05, 0) is 85.5 Å². The lowest BCUT2D eigenvalue weighted by Gasteiger charge is -2.10. The van der Waals surface area contributed by atoms with Gasteiger partial charge in [0.1, 0.15) is 0 Å². The Morgan fingerprint density at radius 1 is 1.04 bits per heavy atom. The number of anilines is 1. The van der Waals surface area contributed by atoms with E-state index >= 15 is 0 Å². The third-order valence-corrected chi connectivity index (χ3v) is 5.46. The minimum Gasteiger partial charge on any atom is -0.326 e. The second-order valence-corrected chi connectivity index (χ2v) is 7.44. The molecule has 1 heterocycles. The number of carbonyl (C=O) groups is 1. The summed E-state index contributed by atoms with van der Waals surface area (Å²) in [5.41, 5.74) is 6.20. The third kappa shape index (κ3) is 4.10. The SMILES string of the molecule is O=C(Cc1ccc(CC2CCNC2)cc1)Nc1ccc2c(c1)CCC2. The first kappa shape index (κ1) is 16.3. The first-order valence-corrected chi connectivity index (χ1v) is 9.46. The zero-order chi connectivity index (χ0) is 17.1. The first-order valence-electron chi connectivity index (χ1n) is 9.46. The molecular weight excluding hydrogens is 308 g/mol. The number of hydrogen-bond acceptors (Lipinski definition) is 2. The van der Waals surface area contributed by atoms with Gasteiger partial charge in [-0.1, -0.05) is 30.3 Å². The van der Waals surface area contributed by atoms with Crippen LogP contribution in [0.15, 0.2) is 42.5 Å². The minimum atomic E-state index is 0.0608. The van der Waals surface area contributed by atoms with Gasteiger partial charge in [0.2, 0.25) is 5.91 Å². The number of hydrogen-bond donors (Lipinski definition) is 2. The van der Waals surface area contributed by atoms with Crippen molar-refractivity contribution in [3.8, 4) is 0 Å². The van der Waals surface area contributed by atoms with Gasteiger partial charge >= 0.3 is 0 Å². The maximum absolute atomic E-state index is 12.3. The van der Waals surface area contributed by atoms with E-state index in [9.17, 15) is 4.79 Å². The maximum atomic E-state index is 12.3. The standard InChI is InChI=1S/C22H26N2O/c25-22(24-21-9-8-19-2-1-3-20(19)14-21)13-17-6-4-16(5-7-17)12-18-10-11-23-15-18/h4-9,14,18,23H,1-3,10-13,15H2,(H,24,25). The van der Waals surface area contributed by atoms with Crippen LogP contribution in [-0.2, 0) is 30.5 Å². The lowest BCUT2D eigenvalue weighted by atomic mass is 9.97. The van der Waals surface area contributed by atoms with Gasteiger partial charge in [0.25, 0.3) is 0 Å². The first-order chi connectivity index (χ1) is 12.3. The van der Waals surface area contributed by atoms with E-state index in [1.807, 2.05) is 6.07 Å². The topological polar surface area (TPSA) is 41.1 Å². The number of aryl methyl sites for hydroxylation is 2. The third-order valence-electron chi connectivity index (χ3n) is 5.46. The number of fused-ring (bicyclic) bond motifs is 1. The highest BCUT2D eigenvalue weighted by Crippen LogP contribution is 2.25. The van der Waals surface area contributed by atoms with Crippen molar-refractivity contribution >= 4 is 11.6 Å². The molecule has 1 unspecified atom stereocenters. The molecule has 3 heteroatoms. The Balaban J connectivity index is 1.32. The zero-order valence-electron chi connectivity index (χ0n) is 14.7. The molecule has 1 atom stereocenters. The summed E-state index contributed by atoms with van der Waals surface area (Å²) in [4.78, 5) is 12.3. The molecule has 0 aromatic heterocycles. The van der Waals surface area contributed by atoms with Gasteiger partial charge in [-0.3, -0.25) is 4.79 Å². The fraction of sp³-hybridized carbons (Fsp3) is 0.409. The molecule has 2 aliphatic rings. The molecule has 1 fully saturated rings. The van der Waals surface area contributed by atoms with E-state index in [2.05, 4.69) is 47.0 Å². The van der Waals surface area contributed by atoms with Crippen LogP contribution < -0.4 is 10.6 Å². The lowest BCUT2D eigenvalue weighted by molar-refractivity contribution is -0.115. The zero-order valence-corrected chi connectivity index (χ0v) is 14.7. The molecular formula is C22H26N2O. The van der Waals surface area contributed by atoms with Crippen molar-refractivity contribution in [2.45, 2.75) is 38.5 Å². The molecule has 1 aliphatic heterocycles. The molecule has 3 nitrogen and oxygen atoms in total. The highest BCUT2D eigenvalue weighted by Gasteiger charge is 2.15. The van der Waals surface area contributed by atoms with E-state index in [4.69, 9.17) is 0 Å². The second-order valence-electron chi connectivity index (χ2n) is 7.44. The maximum Gasteiger partial charge on any atom is 0.228 e. The predicted molar refractivity (Wildman–Crippen MR) is 102 cm³/mol. The molecule has 25 heavy (non-hydrogen) atoms. The monoisotopic (exact) mass is 334 g/mol. The molecule has 2 aromatic carbocycles.